The number of aliphatic carboxylic acids is 1. The number of carbonyl (C=O) groups excluding carboxylic acids is 3. The van der Waals surface area contributed by atoms with Gasteiger partial charge in [0.1, 0.15) is 12.1 Å². The zero-order chi connectivity index (χ0) is 27.1. The smallest absolute Gasteiger partial charge is 0.328 e. The first kappa shape index (κ1) is 32.4. The highest BCUT2D eigenvalue weighted by Crippen LogP contribution is 2.09. The van der Waals surface area contributed by atoms with Gasteiger partial charge in [0.05, 0.1) is 12.1 Å². The minimum Gasteiger partial charge on any atom is -0.480 e. The Balaban J connectivity index is 5.35. The lowest BCUT2D eigenvalue weighted by atomic mass is 10.0. The molecule has 13 nitrogen and oxygen atoms in total. The Hall–Kier alpha value is -2.58. The lowest BCUT2D eigenvalue weighted by molar-refractivity contribution is -0.145. The molecule has 0 rings (SSSR count). The highest BCUT2D eigenvalue weighted by atomic mass is 32.2. The van der Waals surface area contributed by atoms with Crippen LogP contribution in [0.3, 0.4) is 0 Å². The minimum absolute atomic E-state index is 0.0363. The van der Waals surface area contributed by atoms with Crippen molar-refractivity contribution in [3.63, 3.8) is 0 Å². The SMILES string of the molecule is CSCCC(NC(=O)C(CC(C)C)NC(=O)C(N)CCCN=C(N)N)C(=O)NC(C(=O)O)C(C)O. The van der Waals surface area contributed by atoms with E-state index < -0.39 is 54.0 Å². The molecule has 0 saturated heterocycles. The number of nitrogens with zero attached hydrogens (tertiary/aromatic N) is 1. The monoisotopic (exact) mass is 519 g/mol. The van der Waals surface area contributed by atoms with Crippen molar-refractivity contribution in [1.29, 1.82) is 0 Å². The highest BCUT2D eigenvalue weighted by molar-refractivity contribution is 7.98. The van der Waals surface area contributed by atoms with E-state index in [1.807, 2.05) is 20.1 Å². The summed E-state index contributed by atoms with van der Waals surface area (Å²) in [6.07, 6.45) is 1.77. The third-order valence-electron chi connectivity index (χ3n) is 4.93. The van der Waals surface area contributed by atoms with Gasteiger partial charge in [0.2, 0.25) is 17.7 Å². The molecule has 0 aliphatic rings. The van der Waals surface area contributed by atoms with E-state index in [1.54, 1.807) is 0 Å². The standard InChI is InChI=1S/C21H41N7O6S/c1-11(2)10-15(27-17(30)13(22)6-5-8-25-21(23)24)19(32)26-14(7-9-35-4)18(31)28-16(12(3)29)20(33)34/h11-16,29H,5-10,22H2,1-4H3,(H,26,32)(H,27,30)(H,28,31)(H,33,34)(H4,23,24,25). The molecular formula is C21H41N7O6S. The lowest BCUT2D eigenvalue weighted by Crippen LogP contribution is -2.58. The van der Waals surface area contributed by atoms with E-state index in [0.29, 0.717) is 31.6 Å². The zero-order valence-electron chi connectivity index (χ0n) is 20.8. The summed E-state index contributed by atoms with van der Waals surface area (Å²) in [5.41, 5.74) is 16.5. The van der Waals surface area contributed by atoms with Crippen LogP contribution in [0.15, 0.2) is 4.99 Å². The Morgan fingerprint density at radius 1 is 0.943 bits per heavy atom. The number of nitrogens with one attached hydrogen (secondary N) is 3. The second-order valence-electron chi connectivity index (χ2n) is 8.65. The second-order valence-corrected chi connectivity index (χ2v) is 9.64. The molecular weight excluding hydrogens is 478 g/mol. The van der Waals surface area contributed by atoms with Gasteiger partial charge >= 0.3 is 5.97 Å². The summed E-state index contributed by atoms with van der Waals surface area (Å²) in [6.45, 7) is 5.30. The number of aliphatic hydroxyl groups excluding tert-OH is 1. The van der Waals surface area contributed by atoms with Gasteiger partial charge in [0.25, 0.3) is 0 Å². The Morgan fingerprint density at radius 2 is 1.51 bits per heavy atom. The van der Waals surface area contributed by atoms with E-state index >= 15 is 0 Å². The summed E-state index contributed by atoms with van der Waals surface area (Å²) in [6, 6.07) is -4.43. The van der Waals surface area contributed by atoms with Crippen molar-refractivity contribution in [3.05, 3.63) is 0 Å². The Kier molecular flexibility index (Phi) is 15.7. The molecule has 0 aliphatic carbocycles. The van der Waals surface area contributed by atoms with E-state index in [9.17, 15) is 29.4 Å². The van der Waals surface area contributed by atoms with Crippen LogP contribution in [0.25, 0.3) is 0 Å². The molecule has 3 amide bonds. The second kappa shape index (κ2) is 16.9. The van der Waals surface area contributed by atoms with Gasteiger partial charge in [0.15, 0.2) is 12.0 Å². The fraction of sp³-hybridized carbons (Fsp3) is 0.762. The summed E-state index contributed by atoms with van der Waals surface area (Å²) in [7, 11) is 0. The maximum absolute atomic E-state index is 13.0. The van der Waals surface area contributed by atoms with Crippen LogP contribution in [-0.4, -0.2) is 88.7 Å². The Labute approximate surface area is 210 Å². The average molecular weight is 520 g/mol. The number of aliphatic imine (C=N–C) groups is 1. The number of aliphatic hydroxyl groups is 1. The fourth-order valence-corrected chi connectivity index (χ4v) is 3.52. The number of thioether (sulfide) groups is 1. The third-order valence-corrected chi connectivity index (χ3v) is 5.58. The summed E-state index contributed by atoms with van der Waals surface area (Å²) < 4.78 is 0. The Morgan fingerprint density at radius 3 is 2.00 bits per heavy atom. The van der Waals surface area contributed by atoms with Gasteiger partial charge in [0, 0.05) is 6.54 Å². The van der Waals surface area contributed by atoms with E-state index in [0.717, 1.165) is 0 Å². The molecule has 0 radical (unpaired) electrons. The molecule has 35 heavy (non-hydrogen) atoms. The Bertz CT molecular complexity index is 731. The van der Waals surface area contributed by atoms with Crippen molar-refractivity contribution < 1.29 is 29.4 Å². The summed E-state index contributed by atoms with van der Waals surface area (Å²) in [5, 5.41) is 26.4. The average Bonchev–Trinajstić information content (AvgIpc) is 2.75. The maximum atomic E-state index is 13.0. The first-order valence-corrected chi connectivity index (χ1v) is 12.8. The van der Waals surface area contributed by atoms with Crippen molar-refractivity contribution in [2.24, 2.45) is 28.1 Å². The number of carboxylic acids is 1. The first-order valence-electron chi connectivity index (χ1n) is 11.4. The minimum atomic E-state index is -1.53. The summed E-state index contributed by atoms with van der Waals surface area (Å²) >= 11 is 1.44. The van der Waals surface area contributed by atoms with Crippen LogP contribution >= 0.6 is 11.8 Å². The summed E-state index contributed by atoms with van der Waals surface area (Å²) in [5.74, 6) is -2.78. The molecule has 5 atom stereocenters. The number of carbonyl (C=O) groups is 4. The van der Waals surface area contributed by atoms with Crippen LogP contribution < -0.4 is 33.2 Å². The van der Waals surface area contributed by atoms with Gasteiger partial charge in [-0.3, -0.25) is 19.4 Å². The fourth-order valence-electron chi connectivity index (χ4n) is 3.05. The number of rotatable bonds is 17. The number of hydrogen-bond acceptors (Lipinski definition) is 8. The van der Waals surface area contributed by atoms with E-state index in [-0.39, 0.29) is 18.3 Å². The molecule has 0 spiro atoms. The van der Waals surface area contributed by atoms with Crippen molar-refractivity contribution in [3.8, 4) is 0 Å². The number of amides is 3. The number of carboxylic acid groups (broad SMARTS) is 1. The highest BCUT2D eigenvalue weighted by Gasteiger charge is 2.31. The molecule has 0 aromatic rings. The maximum Gasteiger partial charge on any atom is 0.328 e. The quantitative estimate of drug-likeness (QED) is 0.0602. The van der Waals surface area contributed by atoms with Crippen LogP contribution in [0.1, 0.15) is 46.5 Å². The molecule has 0 heterocycles. The molecule has 202 valence electrons. The van der Waals surface area contributed by atoms with E-state index in [1.165, 1.54) is 18.7 Å². The van der Waals surface area contributed by atoms with Gasteiger partial charge in [-0.05, 0) is 50.5 Å². The third kappa shape index (κ3) is 13.8. The predicted molar refractivity (Wildman–Crippen MR) is 135 cm³/mol. The molecule has 0 aromatic carbocycles. The lowest BCUT2D eigenvalue weighted by Gasteiger charge is -2.26. The molecule has 0 aliphatic heterocycles. The van der Waals surface area contributed by atoms with Crippen molar-refractivity contribution in [2.75, 3.05) is 18.6 Å². The van der Waals surface area contributed by atoms with Gasteiger partial charge < -0.3 is 43.4 Å². The van der Waals surface area contributed by atoms with Crippen molar-refractivity contribution >= 4 is 41.4 Å². The van der Waals surface area contributed by atoms with Crippen molar-refractivity contribution in [1.82, 2.24) is 16.0 Å². The van der Waals surface area contributed by atoms with Crippen LogP contribution in [-0.2, 0) is 19.2 Å². The van der Waals surface area contributed by atoms with Crippen LogP contribution in [0.4, 0.5) is 0 Å². The van der Waals surface area contributed by atoms with Crippen LogP contribution in [0, 0.1) is 5.92 Å². The molecule has 0 fully saturated rings. The zero-order valence-corrected chi connectivity index (χ0v) is 21.6. The van der Waals surface area contributed by atoms with Gasteiger partial charge in [-0.2, -0.15) is 11.8 Å². The summed E-state index contributed by atoms with van der Waals surface area (Å²) in [4.78, 5) is 53.5. The number of guanidine groups is 1. The molecule has 0 saturated carbocycles. The normalized spacial score (nSPS) is 15.3. The molecule has 14 heteroatoms. The van der Waals surface area contributed by atoms with Gasteiger partial charge in [-0.15, -0.1) is 0 Å². The topological polar surface area (TPSA) is 235 Å². The molecule has 5 unspecified atom stereocenters. The first-order chi connectivity index (χ1) is 16.3. The van der Waals surface area contributed by atoms with Crippen LogP contribution in [0.5, 0.6) is 0 Å². The molecule has 0 aromatic heterocycles. The number of nitrogens with two attached hydrogens (primary N) is 3. The predicted octanol–water partition coefficient (Wildman–Crippen LogP) is -1.91. The number of hydrogen-bond donors (Lipinski definition) is 8. The molecule has 11 N–H and O–H groups in total. The largest absolute Gasteiger partial charge is 0.480 e. The molecule has 0 bridgehead atoms. The van der Waals surface area contributed by atoms with E-state index in [2.05, 4.69) is 20.9 Å². The van der Waals surface area contributed by atoms with E-state index in [4.69, 9.17) is 17.2 Å². The van der Waals surface area contributed by atoms with Gasteiger partial charge in [-0.1, -0.05) is 13.8 Å². The van der Waals surface area contributed by atoms with Crippen LogP contribution in [0.2, 0.25) is 0 Å². The van der Waals surface area contributed by atoms with Gasteiger partial charge in [-0.25, -0.2) is 4.79 Å². The van der Waals surface area contributed by atoms with Crippen molar-refractivity contribution in [2.45, 2.75) is 76.7 Å².